The molecule has 3 heteroatoms. The van der Waals surface area contributed by atoms with Crippen molar-refractivity contribution in [2.24, 2.45) is 0 Å². The first-order valence-electron chi connectivity index (χ1n) is 7.31. The Morgan fingerprint density at radius 2 is 1.81 bits per heavy atom. The predicted molar refractivity (Wildman–Crippen MR) is 87.7 cm³/mol. The molecule has 0 fully saturated rings. The molecule has 0 spiro atoms. The number of aryl methyl sites for hydroxylation is 2. The standard InChI is InChI=1S/C18H20N2O/c1-11-7-12(2)9-14(8-11)15-5-4-6-16-18(15)19-13(3)10-17(21)20-16/h4-9,13,19H,10H2,1-3H3,(H,20,21)/t13-/m1/s1. The number of rotatable bonds is 1. The highest BCUT2D eigenvalue weighted by atomic mass is 16.1. The van der Waals surface area contributed by atoms with Crippen molar-refractivity contribution in [3.63, 3.8) is 0 Å². The van der Waals surface area contributed by atoms with E-state index in [1.807, 2.05) is 19.1 Å². The molecule has 1 amide bonds. The second-order valence-electron chi connectivity index (χ2n) is 5.90. The maximum Gasteiger partial charge on any atom is 0.226 e. The Labute approximate surface area is 125 Å². The molecule has 2 N–H and O–H groups in total. The number of nitrogens with one attached hydrogen (secondary N) is 2. The zero-order valence-electron chi connectivity index (χ0n) is 12.7. The zero-order chi connectivity index (χ0) is 15.0. The number of fused-ring (bicyclic) bond motifs is 1. The lowest BCUT2D eigenvalue weighted by Gasteiger charge is -2.17. The summed E-state index contributed by atoms with van der Waals surface area (Å²) in [6, 6.07) is 12.7. The van der Waals surface area contributed by atoms with Crippen LogP contribution in [0.4, 0.5) is 11.4 Å². The van der Waals surface area contributed by atoms with Crippen molar-refractivity contribution in [2.45, 2.75) is 33.2 Å². The first kappa shape index (κ1) is 13.7. The molecular weight excluding hydrogens is 260 g/mol. The summed E-state index contributed by atoms with van der Waals surface area (Å²) in [7, 11) is 0. The molecule has 1 atom stereocenters. The van der Waals surface area contributed by atoms with Crippen molar-refractivity contribution in [1.82, 2.24) is 0 Å². The van der Waals surface area contributed by atoms with Crippen LogP contribution in [-0.4, -0.2) is 11.9 Å². The molecule has 0 aromatic heterocycles. The highest BCUT2D eigenvalue weighted by Crippen LogP contribution is 2.37. The number of para-hydroxylation sites is 1. The van der Waals surface area contributed by atoms with E-state index < -0.39 is 0 Å². The lowest BCUT2D eigenvalue weighted by molar-refractivity contribution is -0.116. The summed E-state index contributed by atoms with van der Waals surface area (Å²) >= 11 is 0. The second kappa shape index (κ2) is 5.24. The Morgan fingerprint density at radius 3 is 2.52 bits per heavy atom. The number of carbonyl (C=O) groups excluding carboxylic acids is 1. The second-order valence-corrected chi connectivity index (χ2v) is 5.90. The molecule has 1 aliphatic heterocycles. The highest BCUT2D eigenvalue weighted by molar-refractivity contribution is 6.00. The van der Waals surface area contributed by atoms with E-state index in [0.717, 1.165) is 16.9 Å². The molecule has 3 rings (SSSR count). The lowest BCUT2D eigenvalue weighted by Crippen LogP contribution is -2.19. The summed E-state index contributed by atoms with van der Waals surface area (Å²) in [6.45, 7) is 6.25. The van der Waals surface area contributed by atoms with Crippen LogP contribution in [0.5, 0.6) is 0 Å². The van der Waals surface area contributed by atoms with Crippen LogP contribution in [0.15, 0.2) is 36.4 Å². The molecule has 2 aromatic carbocycles. The van der Waals surface area contributed by atoms with Crippen LogP contribution in [0.1, 0.15) is 24.5 Å². The molecule has 108 valence electrons. The monoisotopic (exact) mass is 280 g/mol. The van der Waals surface area contributed by atoms with Crippen LogP contribution < -0.4 is 10.6 Å². The molecule has 1 aliphatic rings. The molecule has 0 saturated heterocycles. The normalized spacial score (nSPS) is 17.5. The molecule has 0 aliphatic carbocycles. The largest absolute Gasteiger partial charge is 0.380 e. The number of carbonyl (C=O) groups is 1. The topological polar surface area (TPSA) is 41.1 Å². The summed E-state index contributed by atoms with van der Waals surface area (Å²) in [5.41, 5.74) is 6.68. The Kier molecular flexibility index (Phi) is 3.42. The van der Waals surface area contributed by atoms with Gasteiger partial charge in [-0.3, -0.25) is 4.79 Å². The van der Waals surface area contributed by atoms with E-state index in [-0.39, 0.29) is 11.9 Å². The van der Waals surface area contributed by atoms with Gasteiger partial charge in [-0.2, -0.15) is 0 Å². The van der Waals surface area contributed by atoms with Gasteiger partial charge in [0.2, 0.25) is 5.91 Å². The number of benzene rings is 2. The number of hydrogen-bond donors (Lipinski definition) is 2. The molecule has 2 aromatic rings. The Bertz CT molecular complexity index is 686. The van der Waals surface area contributed by atoms with Gasteiger partial charge in [0.1, 0.15) is 0 Å². The van der Waals surface area contributed by atoms with E-state index in [2.05, 4.69) is 48.7 Å². The van der Waals surface area contributed by atoms with Crippen LogP contribution >= 0.6 is 0 Å². The number of hydrogen-bond acceptors (Lipinski definition) is 2. The molecule has 0 saturated carbocycles. The van der Waals surface area contributed by atoms with Crippen LogP contribution in [0, 0.1) is 13.8 Å². The van der Waals surface area contributed by atoms with Crippen molar-refractivity contribution in [3.05, 3.63) is 47.5 Å². The zero-order valence-corrected chi connectivity index (χ0v) is 12.7. The van der Waals surface area contributed by atoms with Gasteiger partial charge in [0, 0.05) is 18.0 Å². The minimum absolute atomic E-state index is 0.0614. The van der Waals surface area contributed by atoms with Gasteiger partial charge >= 0.3 is 0 Å². The van der Waals surface area contributed by atoms with Crippen molar-refractivity contribution >= 4 is 17.3 Å². The Hall–Kier alpha value is -2.29. The minimum atomic E-state index is 0.0614. The maximum atomic E-state index is 11.9. The minimum Gasteiger partial charge on any atom is -0.380 e. The van der Waals surface area contributed by atoms with Crippen molar-refractivity contribution in [2.75, 3.05) is 10.6 Å². The molecule has 3 nitrogen and oxygen atoms in total. The summed E-state index contributed by atoms with van der Waals surface area (Å²) in [4.78, 5) is 11.9. The average Bonchev–Trinajstić information content (AvgIpc) is 2.53. The summed E-state index contributed by atoms with van der Waals surface area (Å²) in [6.07, 6.45) is 0.487. The number of anilines is 2. The fourth-order valence-electron chi connectivity index (χ4n) is 2.96. The van der Waals surface area contributed by atoms with Crippen LogP contribution in [0.2, 0.25) is 0 Å². The third-order valence-electron chi connectivity index (χ3n) is 3.75. The SMILES string of the molecule is Cc1cc(C)cc(-c2cccc3c2N[C@H](C)CC(=O)N3)c1. The summed E-state index contributed by atoms with van der Waals surface area (Å²) < 4.78 is 0. The smallest absolute Gasteiger partial charge is 0.226 e. The van der Waals surface area contributed by atoms with E-state index in [9.17, 15) is 4.79 Å². The van der Waals surface area contributed by atoms with Crippen molar-refractivity contribution < 1.29 is 4.79 Å². The van der Waals surface area contributed by atoms with Gasteiger partial charge in [-0.05, 0) is 32.4 Å². The fourth-order valence-corrected chi connectivity index (χ4v) is 2.96. The van der Waals surface area contributed by atoms with E-state index in [1.165, 1.54) is 16.7 Å². The van der Waals surface area contributed by atoms with Crippen LogP contribution in [0.25, 0.3) is 11.1 Å². The van der Waals surface area contributed by atoms with Gasteiger partial charge in [-0.15, -0.1) is 0 Å². The van der Waals surface area contributed by atoms with E-state index >= 15 is 0 Å². The number of amides is 1. The van der Waals surface area contributed by atoms with Gasteiger partial charge < -0.3 is 10.6 Å². The Morgan fingerprint density at radius 1 is 1.10 bits per heavy atom. The molecule has 1 heterocycles. The van der Waals surface area contributed by atoms with Crippen molar-refractivity contribution in [3.8, 4) is 11.1 Å². The Balaban J connectivity index is 2.16. The predicted octanol–water partition coefficient (Wildman–Crippen LogP) is 4.11. The van der Waals surface area contributed by atoms with E-state index in [0.29, 0.717) is 6.42 Å². The quantitative estimate of drug-likeness (QED) is 0.825. The van der Waals surface area contributed by atoms with Gasteiger partial charge in [0.15, 0.2) is 0 Å². The van der Waals surface area contributed by atoms with Gasteiger partial charge in [0.05, 0.1) is 11.4 Å². The fraction of sp³-hybridized carbons (Fsp3) is 0.278. The van der Waals surface area contributed by atoms with Gasteiger partial charge in [-0.1, -0.05) is 41.5 Å². The maximum absolute atomic E-state index is 11.9. The third-order valence-corrected chi connectivity index (χ3v) is 3.75. The summed E-state index contributed by atoms with van der Waals surface area (Å²) in [5.74, 6) is 0.0614. The molecule has 0 unspecified atom stereocenters. The lowest BCUT2D eigenvalue weighted by atomic mass is 9.98. The van der Waals surface area contributed by atoms with Gasteiger partial charge in [0.25, 0.3) is 0 Å². The third kappa shape index (κ3) is 2.77. The molecule has 0 bridgehead atoms. The average molecular weight is 280 g/mol. The van der Waals surface area contributed by atoms with Crippen LogP contribution in [0.3, 0.4) is 0 Å². The molecular formula is C18H20N2O. The molecule has 21 heavy (non-hydrogen) atoms. The van der Waals surface area contributed by atoms with E-state index in [4.69, 9.17) is 0 Å². The van der Waals surface area contributed by atoms with Crippen LogP contribution in [-0.2, 0) is 4.79 Å². The summed E-state index contributed by atoms with van der Waals surface area (Å²) in [5, 5.41) is 6.47. The molecule has 0 radical (unpaired) electrons. The van der Waals surface area contributed by atoms with Crippen molar-refractivity contribution in [1.29, 1.82) is 0 Å². The first-order valence-corrected chi connectivity index (χ1v) is 7.31. The highest BCUT2D eigenvalue weighted by Gasteiger charge is 2.20. The van der Waals surface area contributed by atoms with E-state index in [1.54, 1.807) is 0 Å². The van der Waals surface area contributed by atoms with Gasteiger partial charge in [-0.25, -0.2) is 0 Å². The first-order chi connectivity index (χ1) is 10.0.